The number of nitrogens with zero attached hydrogens (tertiary/aromatic N) is 1. The lowest BCUT2D eigenvalue weighted by atomic mass is 10.0. The summed E-state index contributed by atoms with van der Waals surface area (Å²) in [5, 5.41) is 1.93. The number of halogens is 1. The molecule has 0 N–H and O–H groups in total. The molecule has 3 aromatic rings. The van der Waals surface area contributed by atoms with Crippen LogP contribution in [0.4, 0.5) is 4.39 Å². The van der Waals surface area contributed by atoms with E-state index in [1.54, 1.807) is 30.1 Å². The Labute approximate surface area is 135 Å². The summed E-state index contributed by atoms with van der Waals surface area (Å²) in [6.45, 7) is 1.83. The van der Waals surface area contributed by atoms with Gasteiger partial charge >= 0.3 is 0 Å². The van der Waals surface area contributed by atoms with Gasteiger partial charge in [0.1, 0.15) is 5.82 Å². The normalized spacial score (nSPS) is 12.1. The van der Waals surface area contributed by atoms with Gasteiger partial charge in [-0.25, -0.2) is 4.39 Å². The molecule has 0 fully saturated rings. The lowest BCUT2D eigenvalue weighted by molar-refractivity contribution is 0.0742. The van der Waals surface area contributed by atoms with Gasteiger partial charge in [-0.15, -0.1) is 0 Å². The van der Waals surface area contributed by atoms with E-state index in [0.29, 0.717) is 11.1 Å². The first-order valence-corrected chi connectivity index (χ1v) is 7.59. The van der Waals surface area contributed by atoms with E-state index >= 15 is 0 Å². The highest BCUT2D eigenvalue weighted by molar-refractivity contribution is 6.07. The number of hydrogen-bond donors (Lipinski definition) is 0. The van der Waals surface area contributed by atoms with Gasteiger partial charge in [-0.1, -0.05) is 54.6 Å². The average molecular weight is 307 g/mol. The fourth-order valence-corrected chi connectivity index (χ4v) is 2.80. The van der Waals surface area contributed by atoms with Gasteiger partial charge in [0.05, 0.1) is 6.04 Å². The molecule has 0 aliphatic carbocycles. The summed E-state index contributed by atoms with van der Waals surface area (Å²) < 4.78 is 14.0. The monoisotopic (exact) mass is 307 g/mol. The topological polar surface area (TPSA) is 20.3 Å². The molecule has 0 heterocycles. The van der Waals surface area contributed by atoms with Gasteiger partial charge in [0, 0.05) is 18.2 Å². The molecule has 0 bridgehead atoms. The molecule has 0 aliphatic heterocycles. The highest BCUT2D eigenvalue weighted by atomic mass is 19.1. The van der Waals surface area contributed by atoms with E-state index in [1.807, 2.05) is 49.4 Å². The molecule has 3 heteroatoms. The lowest BCUT2D eigenvalue weighted by Crippen LogP contribution is -2.30. The number of hydrogen-bond acceptors (Lipinski definition) is 1. The molecule has 0 aromatic heterocycles. The van der Waals surface area contributed by atoms with Gasteiger partial charge in [0.15, 0.2) is 0 Å². The van der Waals surface area contributed by atoms with Crippen LogP contribution in [0, 0.1) is 5.82 Å². The fraction of sp³-hybridized carbons (Fsp3) is 0.150. The van der Waals surface area contributed by atoms with E-state index in [4.69, 9.17) is 0 Å². The molecule has 2 nitrogen and oxygen atoms in total. The largest absolute Gasteiger partial charge is 0.335 e. The van der Waals surface area contributed by atoms with Crippen LogP contribution in [0.1, 0.15) is 28.9 Å². The Bertz CT molecular complexity index is 854. The first-order chi connectivity index (χ1) is 11.1. The van der Waals surface area contributed by atoms with Crippen molar-refractivity contribution in [3.63, 3.8) is 0 Å². The Morgan fingerprint density at radius 1 is 0.957 bits per heavy atom. The van der Waals surface area contributed by atoms with Crippen molar-refractivity contribution < 1.29 is 9.18 Å². The van der Waals surface area contributed by atoms with E-state index in [9.17, 15) is 9.18 Å². The van der Waals surface area contributed by atoms with Crippen LogP contribution in [0.3, 0.4) is 0 Å². The van der Waals surface area contributed by atoms with Crippen LogP contribution in [0.25, 0.3) is 10.8 Å². The third kappa shape index (κ3) is 2.82. The molecule has 23 heavy (non-hydrogen) atoms. The second-order valence-electron chi connectivity index (χ2n) is 5.64. The summed E-state index contributed by atoms with van der Waals surface area (Å²) in [4.78, 5) is 14.5. The number of fused-ring (bicyclic) bond motifs is 1. The van der Waals surface area contributed by atoms with Crippen molar-refractivity contribution in [3.05, 3.63) is 83.7 Å². The predicted octanol–water partition coefficient (Wildman–Crippen LogP) is 4.81. The zero-order valence-corrected chi connectivity index (χ0v) is 13.2. The zero-order valence-electron chi connectivity index (χ0n) is 13.2. The molecule has 116 valence electrons. The van der Waals surface area contributed by atoms with Gasteiger partial charge in [-0.05, 0) is 29.8 Å². The minimum atomic E-state index is -0.345. The van der Waals surface area contributed by atoms with Crippen LogP contribution in [-0.4, -0.2) is 17.9 Å². The Morgan fingerprint density at radius 2 is 1.61 bits per heavy atom. The van der Waals surface area contributed by atoms with Gasteiger partial charge in [-0.2, -0.15) is 0 Å². The number of carbonyl (C=O) groups excluding carboxylic acids is 1. The molecule has 1 amide bonds. The summed E-state index contributed by atoms with van der Waals surface area (Å²) >= 11 is 0. The van der Waals surface area contributed by atoms with Crippen molar-refractivity contribution in [2.24, 2.45) is 0 Å². The molecular weight excluding hydrogens is 289 g/mol. The van der Waals surface area contributed by atoms with Gasteiger partial charge in [-0.3, -0.25) is 4.79 Å². The predicted molar refractivity (Wildman–Crippen MR) is 90.9 cm³/mol. The lowest BCUT2D eigenvalue weighted by Gasteiger charge is -2.26. The van der Waals surface area contributed by atoms with Crippen molar-refractivity contribution >= 4 is 16.7 Å². The minimum absolute atomic E-state index is 0.113. The number of amides is 1. The van der Waals surface area contributed by atoms with Crippen LogP contribution in [0.5, 0.6) is 0 Å². The maximum absolute atomic E-state index is 14.0. The van der Waals surface area contributed by atoms with Crippen LogP contribution in [0.2, 0.25) is 0 Å². The van der Waals surface area contributed by atoms with Crippen LogP contribution >= 0.6 is 0 Å². The molecule has 0 saturated carbocycles. The molecule has 1 unspecified atom stereocenters. The first-order valence-electron chi connectivity index (χ1n) is 7.59. The van der Waals surface area contributed by atoms with E-state index in [-0.39, 0.29) is 17.8 Å². The number of benzene rings is 3. The standard InChI is InChI=1S/C20H18FNO/c1-14(16-10-5-6-13-19(16)21)22(2)20(23)18-12-7-9-15-8-3-4-11-17(15)18/h3-14H,1-2H3. The summed E-state index contributed by atoms with van der Waals surface area (Å²) in [5.74, 6) is -0.407. The van der Waals surface area contributed by atoms with E-state index in [1.165, 1.54) is 6.07 Å². The highest BCUT2D eigenvalue weighted by Crippen LogP contribution is 2.26. The van der Waals surface area contributed by atoms with Gasteiger partial charge in [0.2, 0.25) is 0 Å². The second-order valence-corrected chi connectivity index (χ2v) is 5.64. The van der Waals surface area contributed by atoms with Gasteiger partial charge in [0.25, 0.3) is 5.91 Å². The van der Waals surface area contributed by atoms with Crippen molar-refractivity contribution in [1.29, 1.82) is 0 Å². The van der Waals surface area contributed by atoms with Crippen molar-refractivity contribution in [2.75, 3.05) is 7.05 Å². The first kappa shape index (κ1) is 15.2. The number of rotatable bonds is 3. The molecule has 0 aliphatic rings. The molecule has 3 rings (SSSR count). The van der Waals surface area contributed by atoms with Crippen LogP contribution in [-0.2, 0) is 0 Å². The van der Waals surface area contributed by atoms with Crippen molar-refractivity contribution in [1.82, 2.24) is 4.90 Å². The Hall–Kier alpha value is -2.68. The molecule has 3 aromatic carbocycles. The van der Waals surface area contributed by atoms with E-state index in [2.05, 4.69) is 0 Å². The quantitative estimate of drug-likeness (QED) is 0.680. The molecular formula is C20H18FNO. The third-order valence-electron chi connectivity index (χ3n) is 4.28. The smallest absolute Gasteiger partial charge is 0.254 e. The van der Waals surface area contributed by atoms with E-state index in [0.717, 1.165) is 10.8 Å². The zero-order chi connectivity index (χ0) is 16.4. The maximum atomic E-state index is 14.0. The van der Waals surface area contributed by atoms with E-state index < -0.39 is 0 Å². The number of carbonyl (C=O) groups is 1. The summed E-state index contributed by atoms with van der Waals surface area (Å²) in [6, 6.07) is 19.7. The SMILES string of the molecule is CC(c1ccccc1F)N(C)C(=O)c1cccc2ccccc12. The van der Waals surface area contributed by atoms with Crippen molar-refractivity contribution in [3.8, 4) is 0 Å². The van der Waals surface area contributed by atoms with Crippen molar-refractivity contribution in [2.45, 2.75) is 13.0 Å². The molecule has 1 atom stereocenters. The maximum Gasteiger partial charge on any atom is 0.254 e. The summed E-state index contributed by atoms with van der Waals surface area (Å²) in [5.41, 5.74) is 1.15. The average Bonchev–Trinajstić information content (AvgIpc) is 2.60. The van der Waals surface area contributed by atoms with Crippen LogP contribution in [0.15, 0.2) is 66.7 Å². The highest BCUT2D eigenvalue weighted by Gasteiger charge is 2.22. The fourth-order valence-electron chi connectivity index (χ4n) is 2.80. The molecule has 0 radical (unpaired) electrons. The molecule has 0 saturated heterocycles. The summed E-state index contributed by atoms with van der Waals surface area (Å²) in [7, 11) is 1.71. The Morgan fingerprint density at radius 3 is 2.39 bits per heavy atom. The molecule has 0 spiro atoms. The Kier molecular flexibility index (Phi) is 4.11. The second kappa shape index (κ2) is 6.21. The minimum Gasteiger partial charge on any atom is -0.335 e. The Balaban J connectivity index is 1.97. The van der Waals surface area contributed by atoms with Gasteiger partial charge < -0.3 is 4.90 Å². The summed E-state index contributed by atoms with van der Waals surface area (Å²) in [6.07, 6.45) is 0. The third-order valence-corrected chi connectivity index (χ3v) is 4.28. The van der Waals surface area contributed by atoms with Crippen LogP contribution < -0.4 is 0 Å².